The molecule has 164 valence electrons. The Morgan fingerprint density at radius 2 is 1.72 bits per heavy atom. The molecule has 4 rings (SSSR count). The number of benzene rings is 2. The molecule has 1 N–H and O–H groups in total. The van der Waals surface area contributed by atoms with E-state index in [9.17, 15) is 9.59 Å². The van der Waals surface area contributed by atoms with Gasteiger partial charge in [0.05, 0.1) is 5.92 Å². The second-order valence-corrected chi connectivity index (χ2v) is 8.02. The van der Waals surface area contributed by atoms with Crippen LogP contribution >= 0.6 is 0 Å². The second kappa shape index (κ2) is 10.6. The molecular formula is C26H27N3O3. The fraction of sp³-hybridized carbons (Fsp3) is 0.269. The molecule has 32 heavy (non-hydrogen) atoms. The number of ether oxygens (including phenoxy) is 1. The van der Waals surface area contributed by atoms with Gasteiger partial charge >= 0.3 is 0 Å². The summed E-state index contributed by atoms with van der Waals surface area (Å²) in [6.45, 7) is 1.34. The lowest BCUT2D eigenvalue weighted by atomic mass is 9.84. The number of likely N-dealkylation sites (tertiary alicyclic amines) is 1. The van der Waals surface area contributed by atoms with Crippen LogP contribution in [0.25, 0.3) is 0 Å². The first-order valence-corrected chi connectivity index (χ1v) is 10.9. The summed E-state index contributed by atoms with van der Waals surface area (Å²) in [5.41, 5.74) is 2.08. The van der Waals surface area contributed by atoms with Gasteiger partial charge in [0.1, 0.15) is 5.75 Å². The molecule has 1 aromatic heterocycles. The van der Waals surface area contributed by atoms with Gasteiger partial charge in [0.25, 0.3) is 5.91 Å². The van der Waals surface area contributed by atoms with Crippen LogP contribution in [-0.2, 0) is 16.1 Å². The van der Waals surface area contributed by atoms with Crippen LogP contribution in [0.2, 0.25) is 0 Å². The van der Waals surface area contributed by atoms with Gasteiger partial charge < -0.3 is 15.0 Å². The van der Waals surface area contributed by atoms with Crippen molar-refractivity contribution < 1.29 is 14.3 Å². The summed E-state index contributed by atoms with van der Waals surface area (Å²) in [7, 11) is 0. The van der Waals surface area contributed by atoms with Gasteiger partial charge in [-0.05, 0) is 35.7 Å². The van der Waals surface area contributed by atoms with Crippen molar-refractivity contribution in [2.45, 2.75) is 18.9 Å². The summed E-state index contributed by atoms with van der Waals surface area (Å²) in [6, 6.07) is 23.1. The maximum atomic E-state index is 13.0. The topological polar surface area (TPSA) is 71.5 Å². The number of para-hydroxylation sites is 1. The number of hydrogen-bond acceptors (Lipinski definition) is 4. The van der Waals surface area contributed by atoms with Crippen molar-refractivity contribution in [3.8, 4) is 5.75 Å². The lowest BCUT2D eigenvalue weighted by Gasteiger charge is -2.37. The van der Waals surface area contributed by atoms with E-state index in [4.69, 9.17) is 4.74 Å². The Kier molecular flexibility index (Phi) is 7.12. The van der Waals surface area contributed by atoms with Gasteiger partial charge in [-0.2, -0.15) is 0 Å². The summed E-state index contributed by atoms with van der Waals surface area (Å²) in [4.78, 5) is 31.8. The molecule has 1 fully saturated rings. The van der Waals surface area contributed by atoms with Crippen LogP contribution in [0.4, 0.5) is 0 Å². The highest BCUT2D eigenvalue weighted by Gasteiger charge is 2.34. The molecule has 1 saturated heterocycles. The second-order valence-electron chi connectivity index (χ2n) is 8.02. The Morgan fingerprint density at radius 1 is 0.969 bits per heavy atom. The summed E-state index contributed by atoms with van der Waals surface area (Å²) >= 11 is 0. The van der Waals surface area contributed by atoms with Crippen LogP contribution in [-0.4, -0.2) is 41.4 Å². The molecule has 0 aliphatic carbocycles. The smallest absolute Gasteiger partial charge is 0.260 e. The van der Waals surface area contributed by atoms with E-state index in [2.05, 4.69) is 22.4 Å². The van der Waals surface area contributed by atoms with Gasteiger partial charge in [0.15, 0.2) is 6.61 Å². The van der Waals surface area contributed by atoms with Crippen LogP contribution in [0.3, 0.4) is 0 Å². The van der Waals surface area contributed by atoms with E-state index < -0.39 is 0 Å². The highest BCUT2D eigenvalue weighted by Crippen LogP contribution is 2.30. The number of aromatic nitrogens is 1. The Labute approximate surface area is 188 Å². The van der Waals surface area contributed by atoms with Crippen molar-refractivity contribution in [2.24, 2.45) is 5.92 Å². The number of carbonyl (C=O) groups excluding carboxylic acids is 2. The monoisotopic (exact) mass is 429 g/mol. The number of carbonyl (C=O) groups is 2. The molecule has 2 aromatic carbocycles. The van der Waals surface area contributed by atoms with Gasteiger partial charge in [-0.15, -0.1) is 0 Å². The molecule has 6 heteroatoms. The quantitative estimate of drug-likeness (QED) is 0.625. The van der Waals surface area contributed by atoms with Gasteiger partial charge in [-0.25, -0.2) is 0 Å². The van der Waals surface area contributed by atoms with E-state index in [0.29, 0.717) is 31.8 Å². The number of piperidine rings is 1. The Bertz CT molecular complexity index is 949. The minimum Gasteiger partial charge on any atom is -0.484 e. The Balaban J connectivity index is 1.43. The first-order chi connectivity index (χ1) is 15.7. The predicted octanol–water partition coefficient (Wildman–Crippen LogP) is 3.41. The zero-order chi connectivity index (χ0) is 22.2. The van der Waals surface area contributed by atoms with E-state index >= 15 is 0 Å². The summed E-state index contributed by atoms with van der Waals surface area (Å²) in [5, 5.41) is 3.01. The molecule has 6 nitrogen and oxygen atoms in total. The zero-order valence-electron chi connectivity index (χ0n) is 17.9. The third-order valence-electron chi connectivity index (χ3n) is 5.74. The van der Waals surface area contributed by atoms with E-state index in [1.165, 1.54) is 0 Å². The normalized spacial score (nSPS) is 18.1. The van der Waals surface area contributed by atoms with E-state index in [0.717, 1.165) is 11.1 Å². The zero-order valence-corrected chi connectivity index (χ0v) is 17.9. The molecule has 3 aromatic rings. The number of hydrogen-bond donors (Lipinski definition) is 1. The third kappa shape index (κ3) is 5.72. The van der Waals surface area contributed by atoms with E-state index in [-0.39, 0.29) is 30.3 Å². The van der Waals surface area contributed by atoms with Crippen LogP contribution < -0.4 is 10.1 Å². The molecule has 2 heterocycles. The molecule has 1 aliphatic heterocycles. The SMILES string of the molecule is O=C(NCc1cccnc1)[C@@H]1C[C@@H](c2ccccc2)CN(C(=O)COc2ccccc2)C1. The molecular weight excluding hydrogens is 402 g/mol. The van der Waals surface area contributed by atoms with E-state index in [1.807, 2.05) is 60.7 Å². The summed E-state index contributed by atoms with van der Waals surface area (Å²) in [5.74, 6) is 0.310. The Morgan fingerprint density at radius 3 is 2.44 bits per heavy atom. The van der Waals surface area contributed by atoms with Crippen molar-refractivity contribution in [1.82, 2.24) is 15.2 Å². The maximum absolute atomic E-state index is 13.0. The molecule has 0 radical (unpaired) electrons. The van der Waals surface area contributed by atoms with Crippen molar-refractivity contribution in [1.29, 1.82) is 0 Å². The molecule has 2 atom stereocenters. The average molecular weight is 430 g/mol. The lowest BCUT2D eigenvalue weighted by Crippen LogP contribution is -2.49. The largest absolute Gasteiger partial charge is 0.484 e. The van der Waals surface area contributed by atoms with Crippen LogP contribution in [0.5, 0.6) is 5.75 Å². The number of nitrogens with zero attached hydrogens (tertiary/aromatic N) is 2. The molecule has 1 aliphatic rings. The average Bonchev–Trinajstić information content (AvgIpc) is 2.87. The lowest BCUT2D eigenvalue weighted by molar-refractivity contribution is -0.138. The molecule has 0 unspecified atom stereocenters. The van der Waals surface area contributed by atoms with Crippen LogP contribution in [0, 0.1) is 5.92 Å². The molecule has 0 spiro atoms. The van der Waals surface area contributed by atoms with Crippen LogP contribution in [0.15, 0.2) is 85.2 Å². The van der Waals surface area contributed by atoms with Crippen molar-refractivity contribution in [3.05, 3.63) is 96.3 Å². The van der Waals surface area contributed by atoms with Crippen molar-refractivity contribution in [3.63, 3.8) is 0 Å². The standard InChI is InChI=1S/C26H27N3O3/c30-25(19-32-24-11-5-2-6-12-24)29-17-22(21-9-3-1-4-10-21)14-23(18-29)26(31)28-16-20-8-7-13-27-15-20/h1-13,15,22-23H,14,16-19H2,(H,28,31)/t22-,23-/m1/s1. The predicted molar refractivity (Wildman–Crippen MR) is 122 cm³/mol. The van der Waals surface area contributed by atoms with Crippen molar-refractivity contribution in [2.75, 3.05) is 19.7 Å². The van der Waals surface area contributed by atoms with E-state index in [1.54, 1.807) is 17.3 Å². The van der Waals surface area contributed by atoms with Gasteiger partial charge in [-0.3, -0.25) is 14.6 Å². The molecule has 0 bridgehead atoms. The first-order valence-electron chi connectivity index (χ1n) is 10.9. The van der Waals surface area contributed by atoms with Gasteiger partial charge in [0, 0.05) is 37.9 Å². The van der Waals surface area contributed by atoms with Crippen LogP contribution in [0.1, 0.15) is 23.5 Å². The fourth-order valence-electron chi connectivity index (χ4n) is 4.05. The minimum atomic E-state index is -0.286. The minimum absolute atomic E-state index is 0.0451. The number of pyridine rings is 1. The molecule has 2 amide bonds. The summed E-state index contributed by atoms with van der Waals surface area (Å²) < 4.78 is 5.66. The number of nitrogens with one attached hydrogen (secondary N) is 1. The number of rotatable bonds is 7. The maximum Gasteiger partial charge on any atom is 0.260 e. The first kappa shape index (κ1) is 21.6. The molecule has 0 saturated carbocycles. The Hall–Kier alpha value is -3.67. The van der Waals surface area contributed by atoms with Gasteiger partial charge in [-0.1, -0.05) is 54.6 Å². The summed E-state index contributed by atoms with van der Waals surface area (Å²) in [6.07, 6.45) is 4.15. The van der Waals surface area contributed by atoms with Gasteiger partial charge in [0.2, 0.25) is 5.91 Å². The van der Waals surface area contributed by atoms with Crippen molar-refractivity contribution >= 4 is 11.8 Å². The highest BCUT2D eigenvalue weighted by molar-refractivity contribution is 5.82. The third-order valence-corrected chi connectivity index (χ3v) is 5.74. The fourth-order valence-corrected chi connectivity index (χ4v) is 4.05. The number of amides is 2. The highest BCUT2D eigenvalue weighted by atomic mass is 16.5.